The summed E-state index contributed by atoms with van der Waals surface area (Å²) in [5.41, 5.74) is 7.52. The number of nitrogens with two attached hydrogens (primary N) is 2. The smallest absolute Gasteiger partial charge is 0.278 e. The van der Waals surface area contributed by atoms with Gasteiger partial charge in [-0.2, -0.15) is 4.99 Å². The van der Waals surface area contributed by atoms with Gasteiger partial charge in [-0.3, -0.25) is 14.6 Å². The van der Waals surface area contributed by atoms with E-state index in [9.17, 15) is 18.4 Å². The highest BCUT2D eigenvalue weighted by Gasteiger charge is 2.32. The Morgan fingerprint density at radius 2 is 1.74 bits per heavy atom. The third-order valence-corrected chi connectivity index (χ3v) is 4.80. The van der Waals surface area contributed by atoms with Crippen molar-refractivity contribution in [2.24, 2.45) is 10.8 Å². The van der Waals surface area contributed by atoms with Gasteiger partial charge in [-0.05, 0) is 37.4 Å². The molecule has 0 atom stereocenters. The molecule has 1 fully saturated rings. The number of aldehydes is 1. The maximum absolute atomic E-state index is 12.4. The molecule has 0 bridgehead atoms. The van der Waals surface area contributed by atoms with Gasteiger partial charge in [0.1, 0.15) is 0 Å². The Labute approximate surface area is 205 Å². The number of hydrogen-bond acceptors (Lipinski definition) is 7. The van der Waals surface area contributed by atoms with Gasteiger partial charge in [0.15, 0.2) is 12.1 Å². The molecule has 1 aliphatic rings. The van der Waals surface area contributed by atoms with Crippen LogP contribution in [0.5, 0.6) is 0 Å². The zero-order valence-electron chi connectivity index (χ0n) is 20.9. The summed E-state index contributed by atoms with van der Waals surface area (Å²) in [6.07, 6.45) is 3.53. The van der Waals surface area contributed by atoms with E-state index in [1.54, 1.807) is 43.3 Å². The van der Waals surface area contributed by atoms with Crippen LogP contribution in [0.3, 0.4) is 0 Å². The molecule has 4 N–H and O–H groups in total. The van der Waals surface area contributed by atoms with Crippen molar-refractivity contribution in [3.63, 3.8) is 0 Å². The van der Waals surface area contributed by atoms with E-state index in [4.69, 9.17) is 11.6 Å². The Balaban J connectivity index is 0.000000464. The predicted molar refractivity (Wildman–Crippen MR) is 136 cm³/mol. The number of rotatable bonds is 5. The number of carbonyl (C=O) groups is 2. The fourth-order valence-corrected chi connectivity index (χ4v) is 2.83. The Morgan fingerprint density at radius 1 is 1.17 bits per heavy atom. The van der Waals surface area contributed by atoms with E-state index in [0.717, 1.165) is 0 Å². The number of nitrogens with zero attached hydrogens (tertiary/aromatic N) is 5. The monoisotopic (exact) mass is 491 g/mol. The van der Waals surface area contributed by atoms with Crippen molar-refractivity contribution in [1.29, 1.82) is 0 Å². The lowest BCUT2D eigenvalue weighted by molar-refractivity contribution is -0.0504. The zero-order valence-corrected chi connectivity index (χ0v) is 20.9. The number of halogens is 2. The van der Waals surface area contributed by atoms with E-state index in [-0.39, 0.29) is 24.4 Å². The first-order chi connectivity index (χ1) is 16.5. The van der Waals surface area contributed by atoms with Gasteiger partial charge in [-0.1, -0.05) is 13.8 Å². The van der Waals surface area contributed by atoms with Crippen molar-refractivity contribution in [3.8, 4) is 0 Å². The summed E-state index contributed by atoms with van der Waals surface area (Å²) in [7, 11) is 5.42. The van der Waals surface area contributed by atoms with Gasteiger partial charge in [0.05, 0.1) is 17.7 Å². The largest absolute Gasteiger partial charge is 0.396 e. The molecular weight excluding hydrogens is 456 g/mol. The molecule has 1 amide bonds. The van der Waals surface area contributed by atoms with Crippen molar-refractivity contribution in [2.45, 2.75) is 32.6 Å². The Morgan fingerprint density at radius 3 is 2.20 bits per heavy atom. The number of aliphatic imine (C=N–C) groups is 1. The van der Waals surface area contributed by atoms with Crippen LogP contribution >= 0.6 is 0 Å². The van der Waals surface area contributed by atoms with Crippen LogP contribution in [0.25, 0.3) is 0 Å². The molecule has 1 aromatic heterocycles. The first kappa shape index (κ1) is 29.6. The van der Waals surface area contributed by atoms with E-state index in [1.165, 1.54) is 23.6 Å². The van der Waals surface area contributed by atoms with Crippen molar-refractivity contribution >= 4 is 35.7 Å². The van der Waals surface area contributed by atoms with E-state index < -0.39 is 5.92 Å². The maximum Gasteiger partial charge on any atom is 0.278 e. The highest BCUT2D eigenvalue weighted by Crippen LogP contribution is 2.27. The maximum atomic E-state index is 12.4. The number of alkyl halides is 2. The minimum atomic E-state index is -2.38. The quantitative estimate of drug-likeness (QED) is 0.214. The molecule has 35 heavy (non-hydrogen) atoms. The van der Waals surface area contributed by atoms with E-state index in [0.29, 0.717) is 42.0 Å². The summed E-state index contributed by atoms with van der Waals surface area (Å²) < 4.78 is 24.7. The molecule has 0 spiro atoms. The minimum absolute atomic E-state index is 0.0312. The number of carbonyl (C=O) groups excluding carboxylic acids is 2. The van der Waals surface area contributed by atoms with Gasteiger partial charge in [-0.15, -0.1) is 0 Å². The number of benzene rings is 1. The third kappa shape index (κ3) is 9.75. The molecule has 9 nitrogen and oxygen atoms in total. The van der Waals surface area contributed by atoms with E-state index in [1.807, 2.05) is 25.8 Å². The molecule has 0 saturated carbocycles. The van der Waals surface area contributed by atoms with Gasteiger partial charge in [0.2, 0.25) is 0 Å². The number of pyridine rings is 1. The number of hydrogen-bond donors (Lipinski definition) is 2. The average molecular weight is 492 g/mol. The molecule has 11 heteroatoms. The van der Waals surface area contributed by atoms with Gasteiger partial charge < -0.3 is 15.5 Å². The molecule has 1 aliphatic heterocycles. The lowest BCUT2D eigenvalue weighted by Crippen LogP contribution is -2.36. The van der Waals surface area contributed by atoms with E-state index in [2.05, 4.69) is 9.98 Å². The lowest BCUT2D eigenvalue weighted by Gasteiger charge is -2.28. The molecular formula is C24H35F2N7O2. The van der Waals surface area contributed by atoms with Crippen LogP contribution in [0.4, 0.5) is 26.0 Å². The Bertz CT molecular complexity index is 972. The van der Waals surface area contributed by atoms with Crippen molar-refractivity contribution < 1.29 is 18.4 Å². The predicted octanol–water partition coefficient (Wildman–Crippen LogP) is 3.59. The highest BCUT2D eigenvalue weighted by molar-refractivity contribution is 5.99. The molecule has 0 aliphatic carbocycles. The van der Waals surface area contributed by atoms with E-state index >= 15 is 0 Å². The molecule has 1 aromatic carbocycles. The summed E-state index contributed by atoms with van der Waals surface area (Å²) in [4.78, 5) is 34.1. The number of hydrazine groups is 1. The van der Waals surface area contributed by atoms with Crippen molar-refractivity contribution in [1.82, 2.24) is 14.8 Å². The van der Waals surface area contributed by atoms with Gasteiger partial charge in [0.25, 0.3) is 11.8 Å². The molecule has 1 saturated heterocycles. The van der Waals surface area contributed by atoms with Crippen LogP contribution in [0.15, 0.2) is 41.5 Å². The van der Waals surface area contributed by atoms with Gasteiger partial charge in [-0.25, -0.2) is 19.6 Å². The van der Waals surface area contributed by atoms with Crippen LogP contribution in [-0.4, -0.2) is 73.5 Å². The standard InChI is InChI=1S/C16H18N6O2.C6H11F2N.C2H6/c1-21(2)10-20-16(24)12-3-5-13(6-4-12)22(18)15-14(17)7-11(9-23)8-19-15;1-9-4-2-6(7,8)3-5-9;1-2/h3-10H,17-18H2,1-2H3;2-5H2,1H3;1-2H3. The average Bonchev–Trinajstić information content (AvgIpc) is 2.85. The summed E-state index contributed by atoms with van der Waals surface area (Å²) >= 11 is 0. The SMILES string of the molecule is CC.CN(C)C=NC(=O)c1ccc(N(N)c2ncc(C=O)cc2N)cc1.CN1CCC(F)(F)CC1. The third-order valence-electron chi connectivity index (χ3n) is 4.80. The van der Waals surface area contributed by atoms with Crippen LogP contribution < -0.4 is 16.6 Å². The first-order valence-corrected chi connectivity index (χ1v) is 11.2. The molecule has 0 unspecified atom stereocenters. The minimum Gasteiger partial charge on any atom is -0.396 e. The summed E-state index contributed by atoms with van der Waals surface area (Å²) in [6, 6.07) is 8.03. The topological polar surface area (TPSA) is 121 Å². The second-order valence-electron chi connectivity index (χ2n) is 7.89. The molecule has 192 valence electrons. The molecule has 0 radical (unpaired) electrons. The normalized spacial score (nSPS) is 14.7. The summed E-state index contributed by atoms with van der Waals surface area (Å²) in [6.45, 7) is 5.07. The van der Waals surface area contributed by atoms with Crippen molar-refractivity contribution in [2.75, 3.05) is 45.0 Å². The summed E-state index contributed by atoms with van der Waals surface area (Å²) in [5.74, 6) is 3.59. The molecule has 2 aromatic rings. The number of anilines is 3. The molecule has 3 rings (SSSR count). The van der Waals surface area contributed by atoms with Gasteiger partial charge >= 0.3 is 0 Å². The highest BCUT2D eigenvalue weighted by atomic mass is 19.3. The van der Waals surface area contributed by atoms with Crippen LogP contribution in [0, 0.1) is 0 Å². The summed E-state index contributed by atoms with van der Waals surface area (Å²) in [5, 5.41) is 1.28. The Kier molecular flexibility index (Phi) is 11.9. The fourth-order valence-electron chi connectivity index (χ4n) is 2.83. The van der Waals surface area contributed by atoms with Crippen molar-refractivity contribution in [3.05, 3.63) is 47.7 Å². The Hall–Kier alpha value is -3.44. The number of piperidine rings is 1. The molecule has 2 heterocycles. The van der Waals surface area contributed by atoms with Crippen LogP contribution in [0.2, 0.25) is 0 Å². The lowest BCUT2D eigenvalue weighted by atomic mass is 10.1. The number of nitrogen functional groups attached to an aromatic ring is 1. The van der Waals surface area contributed by atoms with Gasteiger partial charge in [0, 0.05) is 57.4 Å². The second-order valence-corrected chi connectivity index (χ2v) is 7.89. The van der Waals surface area contributed by atoms with Crippen LogP contribution in [-0.2, 0) is 0 Å². The number of aromatic nitrogens is 1. The second kappa shape index (κ2) is 14.1. The first-order valence-electron chi connectivity index (χ1n) is 11.2. The number of amides is 1. The zero-order chi connectivity index (χ0) is 26.6. The van der Waals surface area contributed by atoms with Crippen LogP contribution in [0.1, 0.15) is 47.4 Å². The fraction of sp³-hybridized carbons (Fsp3) is 0.417. The number of likely N-dealkylation sites (tertiary alicyclic amines) is 1.